The van der Waals surface area contributed by atoms with Gasteiger partial charge in [0, 0.05) is 17.2 Å². The number of hydrogen-bond acceptors (Lipinski definition) is 4. The van der Waals surface area contributed by atoms with Crippen molar-refractivity contribution in [2.75, 3.05) is 11.3 Å². The van der Waals surface area contributed by atoms with Crippen molar-refractivity contribution in [2.45, 2.75) is 19.1 Å². The van der Waals surface area contributed by atoms with E-state index in [1.54, 1.807) is 19.2 Å². The number of nitrogens with zero attached hydrogens (tertiary/aromatic N) is 1. The molecule has 7 heteroatoms. The predicted molar refractivity (Wildman–Crippen MR) is 67.7 cm³/mol. The Morgan fingerprint density at radius 1 is 1.62 bits per heavy atom. The van der Waals surface area contributed by atoms with Crippen molar-refractivity contribution in [1.82, 2.24) is 4.98 Å². The van der Waals surface area contributed by atoms with Crippen LogP contribution in [-0.2, 0) is 10.0 Å². The average molecular weight is 308 g/mol. The van der Waals surface area contributed by atoms with Gasteiger partial charge in [0.25, 0.3) is 0 Å². The highest BCUT2D eigenvalue weighted by Crippen LogP contribution is 2.18. The number of anilines is 1. The fraction of sp³-hybridized carbons (Fsp3) is 0.444. The molecular weight excluding hydrogens is 294 g/mol. The smallest absolute Gasteiger partial charge is 0.237 e. The van der Waals surface area contributed by atoms with Crippen LogP contribution in [0.4, 0.5) is 5.82 Å². The first-order valence-corrected chi connectivity index (χ1v) is 7.04. The van der Waals surface area contributed by atoms with E-state index in [0.29, 0.717) is 5.82 Å². The highest BCUT2D eigenvalue weighted by atomic mass is 79.9. The highest BCUT2D eigenvalue weighted by molar-refractivity contribution is 9.10. The van der Waals surface area contributed by atoms with Gasteiger partial charge in [0.15, 0.2) is 0 Å². The molecule has 0 radical (unpaired) electrons. The topological polar surface area (TPSA) is 85.1 Å². The third kappa shape index (κ3) is 3.16. The van der Waals surface area contributed by atoms with Crippen molar-refractivity contribution < 1.29 is 8.42 Å². The molecule has 3 N–H and O–H groups in total. The largest absolute Gasteiger partial charge is 0.329 e. The van der Waals surface area contributed by atoms with Crippen LogP contribution in [0.25, 0.3) is 0 Å². The monoisotopic (exact) mass is 307 g/mol. The summed E-state index contributed by atoms with van der Waals surface area (Å²) in [7, 11) is -3.45. The van der Waals surface area contributed by atoms with E-state index in [4.69, 9.17) is 5.73 Å². The minimum absolute atomic E-state index is 0.0742. The zero-order valence-corrected chi connectivity index (χ0v) is 11.5. The fourth-order valence-electron chi connectivity index (χ4n) is 0.968. The fourth-order valence-corrected chi connectivity index (χ4v) is 2.04. The molecule has 90 valence electrons. The van der Waals surface area contributed by atoms with Crippen LogP contribution in [0.1, 0.15) is 12.5 Å². The van der Waals surface area contributed by atoms with Gasteiger partial charge in [0.05, 0.1) is 5.25 Å². The molecule has 0 spiro atoms. The van der Waals surface area contributed by atoms with E-state index in [0.717, 1.165) is 10.0 Å². The summed E-state index contributed by atoms with van der Waals surface area (Å²) in [6.07, 6.45) is 1.56. The van der Waals surface area contributed by atoms with Crippen molar-refractivity contribution in [3.63, 3.8) is 0 Å². The first-order chi connectivity index (χ1) is 7.36. The zero-order valence-electron chi connectivity index (χ0n) is 9.07. The molecule has 0 aliphatic carbocycles. The molecule has 1 unspecified atom stereocenters. The van der Waals surface area contributed by atoms with Crippen molar-refractivity contribution in [1.29, 1.82) is 0 Å². The van der Waals surface area contributed by atoms with Gasteiger partial charge in [-0.3, -0.25) is 4.72 Å². The molecule has 1 atom stereocenters. The number of aromatic nitrogens is 1. The predicted octanol–water partition coefficient (Wildman–Crippen LogP) is 1.24. The second-order valence-corrected chi connectivity index (χ2v) is 6.47. The molecule has 0 aliphatic heterocycles. The van der Waals surface area contributed by atoms with Crippen LogP contribution in [-0.4, -0.2) is 25.2 Å². The van der Waals surface area contributed by atoms with Gasteiger partial charge in [0.2, 0.25) is 10.0 Å². The molecule has 0 aromatic carbocycles. The minimum atomic E-state index is -3.45. The standard InChI is InChI=1S/C9H14BrN3O2S/c1-6-3-9(12-5-8(6)10)13-16(14,15)7(2)4-11/h3,5,7H,4,11H2,1-2H3,(H,12,13). The molecule has 0 saturated heterocycles. The molecule has 16 heavy (non-hydrogen) atoms. The van der Waals surface area contributed by atoms with Gasteiger partial charge in [-0.1, -0.05) is 0 Å². The van der Waals surface area contributed by atoms with Gasteiger partial charge < -0.3 is 5.73 Å². The molecule has 0 aliphatic rings. The second-order valence-electron chi connectivity index (χ2n) is 3.51. The van der Waals surface area contributed by atoms with Gasteiger partial charge in [-0.2, -0.15) is 0 Å². The zero-order chi connectivity index (χ0) is 12.3. The summed E-state index contributed by atoms with van der Waals surface area (Å²) in [4.78, 5) is 3.96. The molecular formula is C9H14BrN3O2S. The Labute approximate surface area is 104 Å². The highest BCUT2D eigenvalue weighted by Gasteiger charge is 2.19. The number of aryl methyl sites for hydroxylation is 1. The van der Waals surface area contributed by atoms with Crippen molar-refractivity contribution in [3.05, 3.63) is 22.3 Å². The molecule has 1 rings (SSSR count). The number of sulfonamides is 1. The Kier molecular flexibility index (Phi) is 4.28. The van der Waals surface area contributed by atoms with Gasteiger partial charge in [-0.05, 0) is 41.4 Å². The van der Waals surface area contributed by atoms with Crippen molar-refractivity contribution in [2.24, 2.45) is 5.73 Å². The molecule has 0 amide bonds. The number of halogens is 1. The molecule has 5 nitrogen and oxygen atoms in total. The first kappa shape index (κ1) is 13.4. The third-order valence-electron chi connectivity index (χ3n) is 2.16. The van der Waals surface area contributed by atoms with Gasteiger partial charge in [0.1, 0.15) is 5.82 Å². The number of pyridine rings is 1. The maximum Gasteiger partial charge on any atom is 0.237 e. The number of nitrogens with two attached hydrogens (primary N) is 1. The van der Waals surface area contributed by atoms with Crippen LogP contribution in [0, 0.1) is 6.92 Å². The van der Waals surface area contributed by atoms with E-state index in [9.17, 15) is 8.42 Å². The minimum Gasteiger partial charge on any atom is -0.329 e. The quantitative estimate of drug-likeness (QED) is 0.876. The summed E-state index contributed by atoms with van der Waals surface area (Å²) in [5, 5.41) is -0.641. The molecule has 0 fully saturated rings. The normalized spacial score (nSPS) is 13.5. The molecule has 1 aromatic heterocycles. The molecule has 1 aromatic rings. The number of hydrogen-bond donors (Lipinski definition) is 2. The SMILES string of the molecule is Cc1cc(NS(=O)(=O)C(C)CN)ncc1Br. The Morgan fingerprint density at radius 2 is 2.25 bits per heavy atom. The van der Waals surface area contributed by atoms with Crippen LogP contribution >= 0.6 is 15.9 Å². The summed E-state index contributed by atoms with van der Waals surface area (Å²) in [6.45, 7) is 3.48. The lowest BCUT2D eigenvalue weighted by Crippen LogP contribution is -2.31. The lowest BCUT2D eigenvalue weighted by Gasteiger charge is -2.12. The van der Waals surface area contributed by atoms with E-state index in [-0.39, 0.29) is 6.54 Å². The first-order valence-electron chi connectivity index (χ1n) is 4.70. The van der Waals surface area contributed by atoms with E-state index in [2.05, 4.69) is 25.6 Å². The van der Waals surface area contributed by atoms with Crippen LogP contribution in [0.3, 0.4) is 0 Å². The van der Waals surface area contributed by atoms with Crippen LogP contribution < -0.4 is 10.5 Å². The summed E-state index contributed by atoms with van der Waals surface area (Å²) in [5.74, 6) is 0.306. The lowest BCUT2D eigenvalue weighted by molar-refractivity contribution is 0.589. The molecule has 1 heterocycles. The van der Waals surface area contributed by atoms with Crippen LogP contribution in [0.15, 0.2) is 16.7 Å². The van der Waals surface area contributed by atoms with E-state index in [1.165, 1.54) is 0 Å². The van der Waals surface area contributed by atoms with Crippen molar-refractivity contribution >= 4 is 31.8 Å². The van der Waals surface area contributed by atoms with Gasteiger partial charge in [-0.15, -0.1) is 0 Å². The average Bonchev–Trinajstić information content (AvgIpc) is 2.22. The number of nitrogens with one attached hydrogen (secondary N) is 1. The van der Waals surface area contributed by atoms with Gasteiger partial charge >= 0.3 is 0 Å². The molecule has 0 bridgehead atoms. The number of rotatable bonds is 4. The van der Waals surface area contributed by atoms with E-state index in [1.807, 2.05) is 6.92 Å². The maximum atomic E-state index is 11.7. The Bertz CT molecular complexity index is 476. The summed E-state index contributed by atoms with van der Waals surface area (Å²) < 4.78 is 26.6. The van der Waals surface area contributed by atoms with Crippen LogP contribution in [0.5, 0.6) is 0 Å². The van der Waals surface area contributed by atoms with E-state index < -0.39 is 15.3 Å². The third-order valence-corrected chi connectivity index (χ3v) is 4.73. The Morgan fingerprint density at radius 3 is 2.75 bits per heavy atom. The maximum absolute atomic E-state index is 11.7. The lowest BCUT2D eigenvalue weighted by atomic mass is 10.3. The Balaban J connectivity index is 2.93. The van der Waals surface area contributed by atoms with Gasteiger partial charge in [-0.25, -0.2) is 13.4 Å². The second kappa shape index (κ2) is 5.11. The summed E-state index contributed by atoms with van der Waals surface area (Å²) in [6, 6.07) is 1.66. The van der Waals surface area contributed by atoms with Crippen LogP contribution in [0.2, 0.25) is 0 Å². The summed E-state index contributed by atoms with van der Waals surface area (Å²) in [5.41, 5.74) is 6.23. The molecule has 0 saturated carbocycles. The van der Waals surface area contributed by atoms with E-state index >= 15 is 0 Å². The van der Waals surface area contributed by atoms with Crippen molar-refractivity contribution in [3.8, 4) is 0 Å². The Hall–Kier alpha value is -0.660. The summed E-state index contributed by atoms with van der Waals surface area (Å²) >= 11 is 3.29.